The van der Waals surface area contributed by atoms with Gasteiger partial charge in [-0.15, -0.1) is 0 Å². The standard InChI is InChI=1S/C16H32O3/c1-11(9-14(17)15(3,4)5)8-13-12(2)10-18-16(6,7)19-13/h11-14,17H,8-10H2,1-7H3/t11-,12+,13-,14-/m0/s1. The van der Waals surface area contributed by atoms with Crippen molar-refractivity contribution in [2.24, 2.45) is 17.3 Å². The highest BCUT2D eigenvalue weighted by atomic mass is 16.7. The van der Waals surface area contributed by atoms with Crippen LogP contribution in [0.5, 0.6) is 0 Å². The van der Waals surface area contributed by atoms with Gasteiger partial charge in [0.05, 0.1) is 18.8 Å². The molecule has 114 valence electrons. The van der Waals surface area contributed by atoms with Gasteiger partial charge in [0.2, 0.25) is 0 Å². The predicted molar refractivity (Wildman–Crippen MR) is 77.9 cm³/mol. The summed E-state index contributed by atoms with van der Waals surface area (Å²) in [5, 5.41) is 10.2. The van der Waals surface area contributed by atoms with Gasteiger partial charge in [0, 0.05) is 5.92 Å². The van der Waals surface area contributed by atoms with E-state index in [-0.39, 0.29) is 17.6 Å². The average molecular weight is 272 g/mol. The van der Waals surface area contributed by atoms with E-state index < -0.39 is 5.79 Å². The second-order valence-electron chi connectivity index (χ2n) is 7.80. The highest BCUT2D eigenvalue weighted by molar-refractivity contribution is 4.80. The molecule has 1 aliphatic heterocycles. The van der Waals surface area contributed by atoms with Crippen LogP contribution in [0.25, 0.3) is 0 Å². The van der Waals surface area contributed by atoms with E-state index in [0.29, 0.717) is 11.8 Å². The van der Waals surface area contributed by atoms with Crippen LogP contribution in [0.2, 0.25) is 0 Å². The Labute approximate surface area is 118 Å². The molecule has 0 unspecified atom stereocenters. The van der Waals surface area contributed by atoms with Crippen molar-refractivity contribution < 1.29 is 14.6 Å². The minimum atomic E-state index is -0.473. The molecule has 1 saturated heterocycles. The minimum Gasteiger partial charge on any atom is -0.393 e. The van der Waals surface area contributed by atoms with Crippen LogP contribution in [0.1, 0.15) is 61.3 Å². The second kappa shape index (κ2) is 6.11. The maximum absolute atomic E-state index is 10.2. The molecule has 1 aliphatic rings. The molecule has 0 aliphatic carbocycles. The maximum atomic E-state index is 10.2. The normalized spacial score (nSPS) is 30.9. The van der Waals surface area contributed by atoms with E-state index in [2.05, 4.69) is 34.6 Å². The highest BCUT2D eigenvalue weighted by Crippen LogP contribution is 2.32. The molecule has 0 aromatic carbocycles. The number of hydrogen-bond donors (Lipinski definition) is 1. The molecule has 0 spiro atoms. The van der Waals surface area contributed by atoms with E-state index in [9.17, 15) is 5.11 Å². The third-order valence-corrected chi connectivity index (χ3v) is 4.02. The van der Waals surface area contributed by atoms with Gasteiger partial charge in [-0.1, -0.05) is 34.6 Å². The summed E-state index contributed by atoms with van der Waals surface area (Å²) in [5.41, 5.74) is -0.0460. The van der Waals surface area contributed by atoms with E-state index in [1.165, 1.54) is 0 Å². The Kier molecular flexibility index (Phi) is 5.44. The van der Waals surface area contributed by atoms with Gasteiger partial charge in [0.1, 0.15) is 0 Å². The third kappa shape index (κ3) is 5.41. The van der Waals surface area contributed by atoms with Crippen molar-refractivity contribution in [2.45, 2.75) is 79.3 Å². The first kappa shape index (κ1) is 16.9. The molecule has 0 aromatic heterocycles. The molecule has 0 aromatic rings. The summed E-state index contributed by atoms with van der Waals surface area (Å²) >= 11 is 0. The summed E-state index contributed by atoms with van der Waals surface area (Å²) in [6.45, 7) is 15.3. The van der Waals surface area contributed by atoms with Gasteiger partial charge in [0.15, 0.2) is 5.79 Å². The van der Waals surface area contributed by atoms with Crippen molar-refractivity contribution in [3.05, 3.63) is 0 Å². The molecule has 1 heterocycles. The van der Waals surface area contributed by atoms with Crippen LogP contribution in [-0.2, 0) is 9.47 Å². The molecule has 3 heteroatoms. The van der Waals surface area contributed by atoms with Gasteiger partial charge in [-0.3, -0.25) is 0 Å². The molecular formula is C16H32O3. The second-order valence-corrected chi connectivity index (χ2v) is 7.80. The van der Waals surface area contributed by atoms with Crippen LogP contribution in [-0.4, -0.2) is 29.7 Å². The van der Waals surface area contributed by atoms with Gasteiger partial charge in [-0.05, 0) is 38.0 Å². The van der Waals surface area contributed by atoms with Crippen molar-refractivity contribution in [1.29, 1.82) is 0 Å². The quantitative estimate of drug-likeness (QED) is 0.850. The number of rotatable bonds is 4. The summed E-state index contributed by atoms with van der Waals surface area (Å²) in [4.78, 5) is 0. The molecule has 1 N–H and O–H groups in total. The van der Waals surface area contributed by atoms with Crippen LogP contribution in [0.15, 0.2) is 0 Å². The van der Waals surface area contributed by atoms with E-state index >= 15 is 0 Å². The summed E-state index contributed by atoms with van der Waals surface area (Å²) < 4.78 is 11.7. The number of hydrogen-bond acceptors (Lipinski definition) is 3. The van der Waals surface area contributed by atoms with Crippen molar-refractivity contribution in [3.63, 3.8) is 0 Å². The lowest BCUT2D eigenvalue weighted by molar-refractivity contribution is -0.293. The number of aliphatic hydroxyl groups is 1. The van der Waals surface area contributed by atoms with Crippen LogP contribution in [0, 0.1) is 17.3 Å². The third-order valence-electron chi connectivity index (χ3n) is 4.02. The summed E-state index contributed by atoms with van der Waals surface area (Å²) in [6, 6.07) is 0. The summed E-state index contributed by atoms with van der Waals surface area (Å²) in [5.74, 6) is 0.400. The number of ether oxygens (including phenoxy) is 2. The Morgan fingerprint density at radius 1 is 1.32 bits per heavy atom. The zero-order chi connectivity index (χ0) is 14.8. The van der Waals surface area contributed by atoms with E-state index in [4.69, 9.17) is 9.47 Å². The maximum Gasteiger partial charge on any atom is 0.163 e. The Bertz CT molecular complexity index is 280. The van der Waals surface area contributed by atoms with Crippen molar-refractivity contribution >= 4 is 0 Å². The Hall–Kier alpha value is -0.120. The zero-order valence-corrected chi connectivity index (χ0v) is 13.7. The van der Waals surface area contributed by atoms with Gasteiger partial charge in [-0.25, -0.2) is 0 Å². The van der Waals surface area contributed by atoms with E-state index in [1.807, 2.05) is 13.8 Å². The fourth-order valence-electron chi connectivity index (χ4n) is 2.46. The van der Waals surface area contributed by atoms with Gasteiger partial charge < -0.3 is 14.6 Å². The minimum absolute atomic E-state index is 0.0460. The van der Waals surface area contributed by atoms with Crippen molar-refractivity contribution in [1.82, 2.24) is 0 Å². The SMILES string of the molecule is C[C@@H](C[C@@H]1OC(C)(C)OC[C@H]1C)C[C@H](O)C(C)(C)C. The topological polar surface area (TPSA) is 38.7 Å². The first-order chi connectivity index (χ1) is 8.51. The predicted octanol–water partition coefficient (Wildman–Crippen LogP) is 3.60. The highest BCUT2D eigenvalue weighted by Gasteiger charge is 2.35. The fraction of sp³-hybridized carbons (Fsp3) is 1.00. The van der Waals surface area contributed by atoms with E-state index in [0.717, 1.165) is 19.4 Å². The molecule has 19 heavy (non-hydrogen) atoms. The first-order valence-corrected chi connectivity index (χ1v) is 7.51. The largest absolute Gasteiger partial charge is 0.393 e. The van der Waals surface area contributed by atoms with Gasteiger partial charge in [0.25, 0.3) is 0 Å². The molecule has 0 radical (unpaired) electrons. The lowest BCUT2D eigenvalue weighted by Crippen LogP contribution is -2.45. The van der Waals surface area contributed by atoms with Crippen molar-refractivity contribution in [3.8, 4) is 0 Å². The van der Waals surface area contributed by atoms with Crippen LogP contribution in [0.4, 0.5) is 0 Å². The lowest BCUT2D eigenvalue weighted by atomic mass is 9.82. The molecule has 0 amide bonds. The smallest absolute Gasteiger partial charge is 0.163 e. The first-order valence-electron chi connectivity index (χ1n) is 7.51. The molecule has 0 bridgehead atoms. The monoisotopic (exact) mass is 272 g/mol. The molecule has 1 fully saturated rings. The molecule has 0 saturated carbocycles. The molecular weight excluding hydrogens is 240 g/mol. The van der Waals surface area contributed by atoms with Crippen molar-refractivity contribution in [2.75, 3.05) is 6.61 Å². The molecule has 1 rings (SSSR count). The Morgan fingerprint density at radius 2 is 1.89 bits per heavy atom. The van der Waals surface area contributed by atoms with Crippen LogP contribution >= 0.6 is 0 Å². The van der Waals surface area contributed by atoms with Crippen LogP contribution < -0.4 is 0 Å². The van der Waals surface area contributed by atoms with Crippen LogP contribution in [0.3, 0.4) is 0 Å². The summed E-state index contributed by atoms with van der Waals surface area (Å²) in [7, 11) is 0. The zero-order valence-electron chi connectivity index (χ0n) is 13.7. The van der Waals surface area contributed by atoms with Gasteiger partial charge in [-0.2, -0.15) is 0 Å². The van der Waals surface area contributed by atoms with E-state index in [1.54, 1.807) is 0 Å². The molecule has 3 nitrogen and oxygen atoms in total. The Morgan fingerprint density at radius 3 is 2.42 bits per heavy atom. The number of aliphatic hydroxyl groups excluding tert-OH is 1. The Balaban J connectivity index is 2.49. The average Bonchev–Trinajstić information content (AvgIpc) is 2.21. The summed E-state index contributed by atoms with van der Waals surface area (Å²) in [6.07, 6.45) is 1.79. The molecule has 4 atom stereocenters. The van der Waals surface area contributed by atoms with Gasteiger partial charge >= 0.3 is 0 Å². The fourth-order valence-corrected chi connectivity index (χ4v) is 2.46. The lowest BCUT2D eigenvalue weighted by Gasteiger charge is -2.41.